The first-order valence-electron chi connectivity index (χ1n) is 6.46. The number of carbonyl (C=O) groups is 1. The van der Waals surface area contributed by atoms with Crippen molar-refractivity contribution in [3.8, 4) is 0 Å². The molecule has 1 aliphatic heterocycles. The van der Waals surface area contributed by atoms with E-state index < -0.39 is 10.9 Å². The molecule has 0 spiro atoms. The van der Waals surface area contributed by atoms with Gasteiger partial charge in [0, 0.05) is 11.6 Å². The van der Waals surface area contributed by atoms with Gasteiger partial charge in [0.25, 0.3) is 5.69 Å². The van der Waals surface area contributed by atoms with Crippen LogP contribution in [-0.4, -0.2) is 16.8 Å². The highest BCUT2D eigenvalue weighted by atomic mass is 16.6. The number of ether oxygens (including phenoxy) is 1. The smallest absolute Gasteiger partial charge is 0.363 e. The molecule has 0 radical (unpaired) electrons. The van der Waals surface area contributed by atoms with Gasteiger partial charge in [-0.05, 0) is 24.3 Å². The van der Waals surface area contributed by atoms with Gasteiger partial charge in [0.1, 0.15) is 0 Å². The molecule has 0 saturated heterocycles. The minimum atomic E-state index is -0.628. The van der Waals surface area contributed by atoms with Gasteiger partial charge in [-0.2, -0.15) is 0 Å². The van der Waals surface area contributed by atoms with Gasteiger partial charge in [-0.15, -0.1) is 0 Å². The summed E-state index contributed by atoms with van der Waals surface area (Å²) in [5.74, 6) is -0.438. The van der Waals surface area contributed by atoms with E-state index >= 15 is 0 Å². The maximum atomic E-state index is 11.9. The summed E-state index contributed by atoms with van der Waals surface area (Å²) >= 11 is 0. The van der Waals surface area contributed by atoms with E-state index in [-0.39, 0.29) is 17.3 Å². The normalized spacial score (nSPS) is 15.5. The van der Waals surface area contributed by atoms with E-state index in [1.54, 1.807) is 42.5 Å². The zero-order chi connectivity index (χ0) is 15.5. The molecule has 6 nitrogen and oxygen atoms in total. The highest BCUT2D eigenvalue weighted by Crippen LogP contribution is 2.24. The third-order valence-corrected chi connectivity index (χ3v) is 3.07. The Hall–Kier alpha value is -3.28. The van der Waals surface area contributed by atoms with E-state index in [2.05, 4.69) is 4.99 Å². The minimum absolute atomic E-state index is 0.0353. The fraction of sp³-hybridized carbons (Fsp3) is 0. The molecule has 2 aromatic rings. The molecule has 0 unspecified atom stereocenters. The Morgan fingerprint density at radius 1 is 1.05 bits per heavy atom. The number of benzene rings is 2. The van der Waals surface area contributed by atoms with Crippen LogP contribution in [0.3, 0.4) is 0 Å². The van der Waals surface area contributed by atoms with Gasteiger partial charge in [0.05, 0.1) is 10.5 Å². The zero-order valence-electron chi connectivity index (χ0n) is 11.3. The number of esters is 1. The monoisotopic (exact) mass is 294 g/mol. The third kappa shape index (κ3) is 2.62. The number of rotatable bonds is 3. The Kier molecular flexibility index (Phi) is 3.49. The number of carbonyl (C=O) groups excluding carboxylic acids is 1. The highest BCUT2D eigenvalue weighted by molar-refractivity contribution is 6.12. The quantitative estimate of drug-likeness (QED) is 0.377. The maximum absolute atomic E-state index is 11.9. The lowest BCUT2D eigenvalue weighted by atomic mass is 10.1. The number of aliphatic imine (C=N–C) groups is 1. The molecule has 108 valence electrons. The molecule has 1 heterocycles. The second kappa shape index (κ2) is 5.61. The van der Waals surface area contributed by atoms with Gasteiger partial charge in [-0.25, -0.2) is 9.79 Å². The molecule has 0 N–H and O–H groups in total. The number of nitro groups is 1. The van der Waals surface area contributed by atoms with E-state index in [0.717, 1.165) is 0 Å². The topological polar surface area (TPSA) is 81.8 Å². The molecule has 0 atom stereocenters. The number of nitro benzene ring substituents is 1. The van der Waals surface area contributed by atoms with Crippen molar-refractivity contribution in [2.45, 2.75) is 0 Å². The highest BCUT2D eigenvalue weighted by Gasteiger charge is 2.25. The largest absolute Gasteiger partial charge is 0.402 e. The molecule has 0 aromatic heterocycles. The fourth-order valence-corrected chi connectivity index (χ4v) is 2.04. The van der Waals surface area contributed by atoms with Crippen LogP contribution in [0, 0.1) is 10.1 Å². The average molecular weight is 294 g/mol. The molecule has 0 saturated carbocycles. The summed E-state index contributed by atoms with van der Waals surface area (Å²) in [6, 6.07) is 15.1. The zero-order valence-corrected chi connectivity index (χ0v) is 11.3. The summed E-state index contributed by atoms with van der Waals surface area (Å²) in [4.78, 5) is 26.5. The Bertz CT molecular complexity index is 810. The van der Waals surface area contributed by atoms with Crippen molar-refractivity contribution in [1.29, 1.82) is 0 Å². The lowest BCUT2D eigenvalue weighted by molar-refractivity contribution is -0.385. The van der Waals surface area contributed by atoms with Crippen LogP contribution in [0.5, 0.6) is 0 Å². The molecule has 0 bridgehead atoms. The van der Waals surface area contributed by atoms with Crippen molar-refractivity contribution in [2.75, 3.05) is 0 Å². The molecular formula is C16H10N2O4. The summed E-state index contributed by atoms with van der Waals surface area (Å²) in [7, 11) is 0. The molecule has 0 fully saturated rings. The molecule has 1 aliphatic rings. The first-order valence-corrected chi connectivity index (χ1v) is 6.46. The minimum Gasteiger partial charge on any atom is -0.402 e. The average Bonchev–Trinajstić information content (AvgIpc) is 2.90. The summed E-state index contributed by atoms with van der Waals surface area (Å²) < 4.78 is 5.11. The molecule has 6 heteroatoms. The first kappa shape index (κ1) is 13.7. The maximum Gasteiger partial charge on any atom is 0.363 e. The Balaban J connectivity index is 2.00. The van der Waals surface area contributed by atoms with E-state index in [1.165, 1.54) is 12.1 Å². The van der Waals surface area contributed by atoms with Gasteiger partial charge in [0.2, 0.25) is 5.90 Å². The summed E-state index contributed by atoms with van der Waals surface area (Å²) in [5.41, 5.74) is 0.915. The fourth-order valence-electron chi connectivity index (χ4n) is 2.04. The van der Waals surface area contributed by atoms with E-state index in [0.29, 0.717) is 11.1 Å². The van der Waals surface area contributed by atoms with E-state index in [4.69, 9.17) is 4.74 Å². The summed E-state index contributed by atoms with van der Waals surface area (Å²) in [5, 5.41) is 11.0. The molecule has 0 aliphatic carbocycles. The first-order chi connectivity index (χ1) is 10.6. The van der Waals surface area contributed by atoms with Crippen molar-refractivity contribution in [1.82, 2.24) is 0 Å². The predicted molar refractivity (Wildman–Crippen MR) is 80.1 cm³/mol. The van der Waals surface area contributed by atoms with Crippen molar-refractivity contribution >= 4 is 23.6 Å². The second-order valence-electron chi connectivity index (χ2n) is 4.52. The van der Waals surface area contributed by atoms with Crippen LogP contribution in [0.1, 0.15) is 11.1 Å². The number of hydrogen-bond acceptors (Lipinski definition) is 5. The van der Waals surface area contributed by atoms with E-state index in [9.17, 15) is 14.9 Å². The molecule has 22 heavy (non-hydrogen) atoms. The van der Waals surface area contributed by atoms with Crippen LogP contribution >= 0.6 is 0 Å². The van der Waals surface area contributed by atoms with Crippen molar-refractivity contribution in [3.05, 3.63) is 81.5 Å². The lowest BCUT2D eigenvalue weighted by Gasteiger charge is -1.97. The number of cyclic esters (lactones) is 1. The van der Waals surface area contributed by atoms with Crippen molar-refractivity contribution in [2.24, 2.45) is 4.99 Å². The Labute approximate surface area is 125 Å². The van der Waals surface area contributed by atoms with Crippen LogP contribution < -0.4 is 0 Å². The Morgan fingerprint density at radius 2 is 1.73 bits per heavy atom. The van der Waals surface area contributed by atoms with Crippen LogP contribution in [0.2, 0.25) is 0 Å². The van der Waals surface area contributed by atoms with Crippen molar-refractivity contribution in [3.63, 3.8) is 0 Å². The Morgan fingerprint density at radius 3 is 2.45 bits per heavy atom. The standard InChI is InChI=1S/C16H10N2O4/c19-16-13(10-12-8-4-5-9-14(12)18(20)21)17-15(22-16)11-6-2-1-3-7-11/h1-10H. The second-order valence-corrected chi connectivity index (χ2v) is 4.52. The van der Waals surface area contributed by atoms with Crippen LogP contribution in [0.4, 0.5) is 5.69 Å². The van der Waals surface area contributed by atoms with Crippen LogP contribution in [0.25, 0.3) is 6.08 Å². The molecule has 2 aromatic carbocycles. The summed E-state index contributed by atoms with van der Waals surface area (Å²) in [6.45, 7) is 0. The molecular weight excluding hydrogens is 284 g/mol. The number of hydrogen-bond donors (Lipinski definition) is 0. The van der Waals surface area contributed by atoms with Crippen LogP contribution in [0.15, 0.2) is 65.3 Å². The van der Waals surface area contributed by atoms with Gasteiger partial charge in [0.15, 0.2) is 5.70 Å². The van der Waals surface area contributed by atoms with Gasteiger partial charge >= 0.3 is 5.97 Å². The van der Waals surface area contributed by atoms with Crippen LogP contribution in [-0.2, 0) is 9.53 Å². The van der Waals surface area contributed by atoms with E-state index in [1.807, 2.05) is 6.07 Å². The number of nitrogens with zero attached hydrogens (tertiary/aromatic N) is 2. The summed E-state index contributed by atoms with van der Waals surface area (Å²) in [6.07, 6.45) is 1.36. The third-order valence-electron chi connectivity index (χ3n) is 3.07. The van der Waals surface area contributed by atoms with Gasteiger partial charge in [-0.1, -0.05) is 30.3 Å². The molecule has 3 rings (SSSR count). The lowest BCUT2D eigenvalue weighted by Crippen LogP contribution is -2.05. The molecule has 0 amide bonds. The van der Waals surface area contributed by atoms with Gasteiger partial charge in [-0.3, -0.25) is 10.1 Å². The SMILES string of the molecule is O=C1OC(c2ccccc2)=NC1=Cc1ccccc1[N+](=O)[O-]. The predicted octanol–water partition coefficient (Wildman–Crippen LogP) is 2.94. The van der Waals surface area contributed by atoms with Crippen molar-refractivity contribution < 1.29 is 14.5 Å². The number of para-hydroxylation sites is 1. The van der Waals surface area contributed by atoms with Gasteiger partial charge < -0.3 is 4.74 Å².